The molecule has 29 nitrogen and oxygen atoms in total. The molecule has 14 atom stereocenters. The molecule has 6 aromatic rings. The van der Waals surface area contributed by atoms with Crippen LogP contribution in [0.4, 0.5) is 0 Å². The number of aromatic hydroxyl groups is 3. The highest BCUT2D eigenvalue weighted by molar-refractivity contribution is 7.90. The number of phenols is 3. The molecule has 6 aromatic carbocycles. The van der Waals surface area contributed by atoms with Crippen molar-refractivity contribution in [3.8, 4) is 62.9 Å². The molecular formula is C84H96Cl2N6O23S. The van der Waals surface area contributed by atoms with E-state index in [1.807, 2.05) is 37.6 Å². The van der Waals surface area contributed by atoms with E-state index in [1.165, 1.54) is 60.7 Å². The monoisotopic (exact) mass is 1660 g/mol. The van der Waals surface area contributed by atoms with Gasteiger partial charge in [0.25, 0.3) is 10.0 Å². The van der Waals surface area contributed by atoms with Crippen LogP contribution in [-0.4, -0.2) is 177 Å². The summed E-state index contributed by atoms with van der Waals surface area (Å²) < 4.78 is 56.2. The average molecular weight is 1660 g/mol. The highest BCUT2D eigenvalue weighted by atomic mass is 35.5. The summed E-state index contributed by atoms with van der Waals surface area (Å²) in [6.45, 7) is 5.47. The van der Waals surface area contributed by atoms with Gasteiger partial charge in [-0.1, -0.05) is 62.2 Å². The molecule has 5 fully saturated rings. The van der Waals surface area contributed by atoms with Gasteiger partial charge in [0, 0.05) is 67.9 Å². The maximum Gasteiger partial charge on any atom is 0.264 e. The molecule has 0 spiro atoms. The van der Waals surface area contributed by atoms with E-state index in [0.717, 1.165) is 74.6 Å². The van der Waals surface area contributed by atoms with Gasteiger partial charge in [-0.25, -0.2) is 13.1 Å². The number of sulfonamides is 1. The summed E-state index contributed by atoms with van der Waals surface area (Å²) in [5.74, 6) is -17.2. The Morgan fingerprint density at radius 1 is 0.655 bits per heavy atom. The van der Waals surface area contributed by atoms with Crippen molar-refractivity contribution in [2.45, 2.75) is 169 Å². The fraction of sp³-hybridized carbons (Fsp3) is 0.476. The Balaban J connectivity index is 0.996. The minimum Gasteiger partial charge on any atom is -0.508 e. The molecule has 5 amide bonds. The zero-order valence-electron chi connectivity index (χ0n) is 64.3. The van der Waals surface area contributed by atoms with E-state index in [0.29, 0.717) is 24.8 Å². The van der Waals surface area contributed by atoms with E-state index >= 15 is 28.8 Å². The average Bonchev–Trinajstić information content (AvgIpc) is 0.757. The van der Waals surface area contributed by atoms with Crippen LogP contribution in [-0.2, 0) is 48.4 Å². The molecule has 14 N–H and O–H groups in total. The minimum absolute atomic E-state index is 0.0558. The van der Waals surface area contributed by atoms with Crippen LogP contribution in [0.25, 0.3) is 11.1 Å². The molecule has 5 aliphatic carbocycles. The number of phenolic OH excluding ortho intramolecular Hbond substituents is 3. The first kappa shape index (κ1) is 84.4. The first-order chi connectivity index (χ1) is 55.1. The lowest BCUT2D eigenvalue weighted by Crippen LogP contribution is -2.56. The predicted molar refractivity (Wildman–Crippen MR) is 419 cm³/mol. The number of Topliss-reactive ketones (excluding diaryl/α,β-unsaturated/α-hetero) is 3. The third-order valence-electron chi connectivity index (χ3n) is 23.9. The highest BCUT2D eigenvalue weighted by Gasteiger charge is 2.51. The molecule has 116 heavy (non-hydrogen) atoms. The Labute approximate surface area is 679 Å². The van der Waals surface area contributed by atoms with Crippen LogP contribution in [0.5, 0.6) is 51.7 Å². The fourth-order valence-electron chi connectivity index (χ4n) is 18.0. The number of fused-ring (bicyclic) bond motifs is 15. The van der Waals surface area contributed by atoms with E-state index < -0.39 is 207 Å². The van der Waals surface area contributed by atoms with Crippen molar-refractivity contribution in [2.24, 2.45) is 53.3 Å². The minimum atomic E-state index is -4.85. The number of nitrogens with zero attached hydrogens (tertiary/aromatic N) is 1. The van der Waals surface area contributed by atoms with Crippen molar-refractivity contribution in [1.29, 1.82) is 0 Å². The summed E-state index contributed by atoms with van der Waals surface area (Å²) in [4.78, 5) is 126. The Kier molecular flexibility index (Phi) is 25.5. The summed E-state index contributed by atoms with van der Waals surface area (Å²) in [5.41, 5.74) is -1.65. The second-order valence-corrected chi connectivity index (χ2v) is 35.1. The number of ether oxygens (including phenoxy) is 4. The summed E-state index contributed by atoms with van der Waals surface area (Å²) in [5, 5.41) is 116. The van der Waals surface area contributed by atoms with Crippen LogP contribution >= 0.6 is 23.2 Å². The van der Waals surface area contributed by atoms with Crippen molar-refractivity contribution in [3.63, 3.8) is 0 Å². The topological polar surface area (TPSA) is 453 Å². The fourth-order valence-corrected chi connectivity index (χ4v) is 19.4. The normalized spacial score (nSPS) is 28.1. The number of carbonyl (C=O) groups is 8. The van der Waals surface area contributed by atoms with Crippen molar-refractivity contribution in [3.05, 3.63) is 141 Å². The number of ketones is 3. The van der Waals surface area contributed by atoms with Gasteiger partial charge in [-0.2, -0.15) is 0 Å². The second-order valence-electron chi connectivity index (χ2n) is 32.6. The summed E-state index contributed by atoms with van der Waals surface area (Å²) in [6.07, 6.45) is -9.92. The van der Waals surface area contributed by atoms with Crippen LogP contribution < -0.4 is 44.9 Å². The van der Waals surface area contributed by atoms with Gasteiger partial charge in [0.1, 0.15) is 95.8 Å². The standard InChI is InChI=1S/C84H96Cl2N6O23S/c1-6-41(19-38(2)3)81(106)89-73-61(97)28-48(32-69(100)91-116(110,111)52-12-10-51(11-13-52)112-18-17-92(4)5)82(107)87-71-47-29-67(113-64-15-8-43(75(73)101)26-57(64)85)80(115-66-31-49(37-93)77(103)79(105)78(66)104)68(30-47)114-65-16-9-44(27-58(65)86)76(102)74-84(109)88-72(63(99)35-53-45-21-39-20-40(23-45)24-46(53)22-39)56-33-50(94)34-60(96)70(56)55-25-42(7-14-59(55)95)54(36-62(71)98)83(108)90-74/h7-16,25-27,29-30,33-34,38-41,45-46,48-49,53-54,66,71-79,93-96,101-105H,6,17-24,28,31-32,35-37H2,1-5H3,(H,87,107)(H,88,109)(H,89,106)(H,90,108)(H,91,100)/t39?,40?,41-,45?,46?,48+,49-,53?,54-,66-,71-,72+,73+,74+,75-,76-,77-,78+,79+/m1/s1. The van der Waals surface area contributed by atoms with Gasteiger partial charge in [0.15, 0.2) is 28.8 Å². The number of nitrogens with one attached hydrogen (secondary N) is 5. The van der Waals surface area contributed by atoms with Crippen LogP contribution in [0.3, 0.4) is 0 Å². The molecule has 0 aromatic heterocycles. The maximum atomic E-state index is 16.6. The lowest BCUT2D eigenvalue weighted by molar-refractivity contribution is -0.157. The van der Waals surface area contributed by atoms with Gasteiger partial charge in [0.05, 0.1) is 32.9 Å². The van der Waals surface area contributed by atoms with Crippen LogP contribution in [0.15, 0.2) is 108 Å². The number of aliphatic hydroxyl groups is 6. The van der Waals surface area contributed by atoms with Crippen LogP contribution in [0.2, 0.25) is 10.0 Å². The molecule has 32 heteroatoms. The lowest BCUT2D eigenvalue weighted by Gasteiger charge is -2.54. The molecular weight excluding hydrogens is 1560 g/mol. The van der Waals surface area contributed by atoms with Crippen LogP contribution in [0, 0.1) is 53.3 Å². The van der Waals surface area contributed by atoms with Crippen molar-refractivity contribution in [2.75, 3.05) is 33.9 Å². The Morgan fingerprint density at radius 3 is 1.89 bits per heavy atom. The lowest BCUT2D eigenvalue weighted by atomic mass is 9.51. The molecule has 5 aliphatic heterocycles. The zero-order chi connectivity index (χ0) is 83.2. The molecule has 5 heterocycles. The van der Waals surface area contributed by atoms with E-state index in [1.54, 1.807) is 6.92 Å². The molecule has 5 saturated carbocycles. The molecule has 620 valence electrons. The van der Waals surface area contributed by atoms with E-state index in [4.69, 9.17) is 42.1 Å². The number of carbonyl (C=O) groups excluding carboxylic acids is 8. The first-order valence-corrected chi connectivity index (χ1v) is 41.3. The largest absolute Gasteiger partial charge is 0.508 e. The van der Waals surface area contributed by atoms with E-state index in [2.05, 4.69) is 21.3 Å². The Morgan fingerprint density at radius 2 is 1.28 bits per heavy atom. The number of hydrogen-bond acceptors (Lipinski definition) is 24. The molecule has 0 saturated heterocycles. The smallest absolute Gasteiger partial charge is 0.264 e. The van der Waals surface area contributed by atoms with Gasteiger partial charge in [-0.05, 0) is 208 Å². The SMILES string of the molecule is CC[C@H](CC(C)C)C(=O)N[C@H]1C(=O)C[C@@H](CC(=O)NS(=O)(=O)c2ccc(OCCN(C)C)cc2)C(=O)N[C@H]2C(=O)C[C@H]3C(=O)N[C@H](C(=O)N[C@H](C(=O)CC4C5CC6CC(C5)CC4C6)c4cc(O)cc(O)c4-c4cc3ccc4O)[C@H](O)c3ccc(c(Cl)c3)Oc3cc2cc(c3O[C@@H]2C[C@H](CO)[C@@H](O)[C@H](O)[C@H]2O)Oc2ccc(cc2Cl)[C@H]1O. The summed E-state index contributed by atoms with van der Waals surface area (Å²) >= 11 is 14.3. The number of amides is 5. The van der Waals surface area contributed by atoms with Crippen molar-refractivity contribution >= 4 is 80.1 Å². The first-order valence-electron chi connectivity index (χ1n) is 39.1. The molecule has 10 aliphatic rings. The Bertz CT molecular complexity index is 4880. The third kappa shape index (κ3) is 18.1. The molecule has 15 bridgehead atoms. The summed E-state index contributed by atoms with van der Waals surface area (Å²) in [6, 6.07) is 12.1. The number of benzene rings is 6. The molecule has 0 radical (unpaired) electrons. The van der Waals surface area contributed by atoms with Gasteiger partial charge in [-0.15, -0.1) is 0 Å². The number of likely N-dealkylation sites (N-methyl/N-ethyl adjacent to an activating group) is 1. The third-order valence-corrected chi connectivity index (χ3v) is 25.8. The second kappa shape index (κ2) is 35.0. The maximum absolute atomic E-state index is 16.6. The number of hydrogen-bond donors (Lipinski definition) is 14. The van der Waals surface area contributed by atoms with Crippen LogP contribution in [0.1, 0.15) is 156 Å². The van der Waals surface area contributed by atoms with Crippen molar-refractivity contribution < 1.29 is 112 Å². The van der Waals surface area contributed by atoms with Gasteiger partial charge < -0.3 is 91.1 Å². The van der Waals surface area contributed by atoms with Gasteiger partial charge in [-0.3, -0.25) is 38.4 Å². The van der Waals surface area contributed by atoms with E-state index in [9.17, 15) is 64.0 Å². The zero-order valence-corrected chi connectivity index (χ0v) is 66.6. The summed E-state index contributed by atoms with van der Waals surface area (Å²) in [7, 11) is -1.19. The molecule has 0 unspecified atom stereocenters. The predicted octanol–water partition coefficient (Wildman–Crippen LogP) is 7.85. The quantitative estimate of drug-likeness (QED) is 0.0367. The van der Waals surface area contributed by atoms with Gasteiger partial charge in [0.2, 0.25) is 35.3 Å². The number of rotatable bonds is 19. The Hall–Kier alpha value is -9.47. The van der Waals surface area contributed by atoms with Crippen molar-refractivity contribution in [1.82, 2.24) is 30.9 Å². The highest BCUT2D eigenvalue weighted by Crippen LogP contribution is 2.58. The molecule has 16 rings (SSSR count). The number of aliphatic hydroxyl groups excluding tert-OH is 6. The van der Waals surface area contributed by atoms with Gasteiger partial charge >= 0.3 is 0 Å². The number of halogens is 2. The van der Waals surface area contributed by atoms with E-state index in [-0.39, 0.29) is 116 Å².